The summed E-state index contributed by atoms with van der Waals surface area (Å²) in [7, 11) is 0. The number of anilines is 1. The molecule has 0 saturated heterocycles. The minimum atomic E-state index is 0.387. The molecule has 0 aliphatic heterocycles. The molecule has 1 aromatic carbocycles. The van der Waals surface area contributed by atoms with Crippen molar-refractivity contribution in [2.45, 2.75) is 33.6 Å². The van der Waals surface area contributed by atoms with Crippen molar-refractivity contribution in [1.82, 2.24) is 15.0 Å². The molecule has 0 N–H and O–H groups in total. The Bertz CT molecular complexity index is 615. The lowest BCUT2D eigenvalue weighted by atomic mass is 10.2. The second kappa shape index (κ2) is 6.89. The van der Waals surface area contributed by atoms with E-state index in [-0.39, 0.29) is 0 Å². The van der Waals surface area contributed by atoms with Crippen LogP contribution in [0.3, 0.4) is 0 Å². The van der Waals surface area contributed by atoms with E-state index in [1.54, 1.807) is 4.80 Å². The molecule has 0 bridgehead atoms. The Balaban J connectivity index is 2.38. The first-order chi connectivity index (χ1) is 10.2. The van der Waals surface area contributed by atoms with Crippen molar-refractivity contribution < 1.29 is 0 Å². The molecular weight excluding hydrogens is 262 g/mol. The molecule has 0 fully saturated rings. The zero-order chi connectivity index (χ0) is 15.2. The quantitative estimate of drug-likeness (QED) is 0.817. The normalized spacial score (nSPS) is 10.4. The molecule has 110 valence electrons. The van der Waals surface area contributed by atoms with Crippen molar-refractivity contribution in [2.75, 3.05) is 18.0 Å². The molecule has 0 aliphatic carbocycles. The van der Waals surface area contributed by atoms with Gasteiger partial charge in [-0.2, -0.15) is 5.26 Å². The summed E-state index contributed by atoms with van der Waals surface area (Å²) < 4.78 is 0. The summed E-state index contributed by atoms with van der Waals surface area (Å²) in [6.45, 7) is 8.05. The van der Waals surface area contributed by atoms with Crippen molar-refractivity contribution in [2.24, 2.45) is 0 Å². The zero-order valence-corrected chi connectivity index (χ0v) is 12.9. The fourth-order valence-electron chi connectivity index (χ4n) is 2.24. The van der Waals surface area contributed by atoms with E-state index in [2.05, 4.69) is 35.0 Å². The van der Waals surface area contributed by atoms with Gasteiger partial charge in [0.25, 0.3) is 0 Å². The predicted octanol–water partition coefficient (Wildman–Crippen LogP) is 3.07. The van der Waals surface area contributed by atoms with Gasteiger partial charge in [-0.1, -0.05) is 31.5 Å². The first kappa shape index (κ1) is 15.0. The monoisotopic (exact) mass is 283 g/mol. The summed E-state index contributed by atoms with van der Waals surface area (Å²) in [6.07, 6.45) is 2.03. The Morgan fingerprint density at radius 1 is 1.10 bits per heavy atom. The van der Waals surface area contributed by atoms with Crippen molar-refractivity contribution in [3.63, 3.8) is 0 Å². The summed E-state index contributed by atoms with van der Waals surface area (Å²) in [5, 5.41) is 18.2. The first-order valence-corrected chi connectivity index (χ1v) is 7.39. The summed E-state index contributed by atoms with van der Waals surface area (Å²) in [6, 6.07) is 10.1. The van der Waals surface area contributed by atoms with Crippen LogP contribution in [0.5, 0.6) is 0 Å². The Hall–Kier alpha value is -2.35. The van der Waals surface area contributed by atoms with Gasteiger partial charge in [0.15, 0.2) is 5.82 Å². The minimum Gasteiger partial charge on any atom is -0.353 e. The Morgan fingerprint density at radius 2 is 1.71 bits per heavy atom. The third kappa shape index (κ3) is 3.40. The van der Waals surface area contributed by atoms with Gasteiger partial charge in [0, 0.05) is 13.1 Å². The molecule has 0 radical (unpaired) electrons. The lowest BCUT2D eigenvalue weighted by Gasteiger charge is -2.20. The number of nitriles is 1. The van der Waals surface area contributed by atoms with Crippen molar-refractivity contribution in [3.05, 3.63) is 35.5 Å². The first-order valence-electron chi connectivity index (χ1n) is 7.39. The predicted molar refractivity (Wildman–Crippen MR) is 83.6 cm³/mol. The second-order valence-electron chi connectivity index (χ2n) is 5.10. The summed E-state index contributed by atoms with van der Waals surface area (Å²) in [5.41, 5.74) is 2.44. The Labute approximate surface area is 125 Å². The molecule has 5 heteroatoms. The van der Waals surface area contributed by atoms with Gasteiger partial charge >= 0.3 is 0 Å². The van der Waals surface area contributed by atoms with Crippen LogP contribution in [-0.2, 0) is 0 Å². The van der Waals surface area contributed by atoms with E-state index in [0.29, 0.717) is 11.5 Å². The average Bonchev–Trinajstić information content (AvgIpc) is 2.92. The number of aromatic nitrogens is 3. The van der Waals surface area contributed by atoms with E-state index in [9.17, 15) is 5.26 Å². The Morgan fingerprint density at radius 3 is 2.24 bits per heavy atom. The lowest BCUT2D eigenvalue weighted by molar-refractivity contribution is 0.708. The maximum atomic E-state index is 9.32. The molecule has 5 nitrogen and oxygen atoms in total. The number of aryl methyl sites for hydroxylation is 1. The number of nitrogens with zero attached hydrogens (tertiary/aromatic N) is 5. The van der Waals surface area contributed by atoms with Crippen LogP contribution >= 0.6 is 0 Å². The molecule has 0 saturated carbocycles. The molecular formula is C16H21N5. The summed E-state index contributed by atoms with van der Waals surface area (Å²) in [5.74, 6) is 0.682. The molecule has 1 heterocycles. The van der Waals surface area contributed by atoms with Crippen molar-refractivity contribution in [3.8, 4) is 11.8 Å². The highest BCUT2D eigenvalue weighted by Crippen LogP contribution is 2.18. The van der Waals surface area contributed by atoms with E-state index in [0.717, 1.165) is 31.6 Å². The van der Waals surface area contributed by atoms with Gasteiger partial charge < -0.3 is 4.90 Å². The van der Waals surface area contributed by atoms with E-state index >= 15 is 0 Å². The smallest absolute Gasteiger partial charge is 0.207 e. The van der Waals surface area contributed by atoms with Gasteiger partial charge in [-0.15, -0.1) is 15.0 Å². The van der Waals surface area contributed by atoms with Gasteiger partial charge in [-0.3, -0.25) is 0 Å². The number of rotatable bonds is 6. The molecule has 0 aliphatic rings. The molecule has 0 amide bonds. The Kier molecular flexibility index (Phi) is 4.94. The van der Waals surface area contributed by atoms with Crippen LogP contribution in [0.1, 0.15) is 37.9 Å². The van der Waals surface area contributed by atoms with Crippen LogP contribution in [0.2, 0.25) is 0 Å². The van der Waals surface area contributed by atoms with Crippen LogP contribution in [0.4, 0.5) is 5.82 Å². The average molecular weight is 283 g/mol. The number of hydrogen-bond acceptors (Lipinski definition) is 4. The molecule has 2 aromatic rings. The molecule has 0 atom stereocenters. The third-order valence-electron chi connectivity index (χ3n) is 3.25. The minimum absolute atomic E-state index is 0.387. The highest BCUT2D eigenvalue weighted by molar-refractivity contribution is 5.50. The molecule has 0 unspecified atom stereocenters. The van der Waals surface area contributed by atoms with E-state index in [4.69, 9.17) is 0 Å². The topological polar surface area (TPSA) is 57.7 Å². The summed E-state index contributed by atoms with van der Waals surface area (Å²) >= 11 is 0. The summed E-state index contributed by atoms with van der Waals surface area (Å²) in [4.78, 5) is 3.68. The molecule has 0 spiro atoms. The van der Waals surface area contributed by atoms with E-state index < -0.39 is 0 Å². The highest BCUT2D eigenvalue weighted by Gasteiger charge is 2.17. The molecule has 2 rings (SSSR count). The maximum absolute atomic E-state index is 9.32. The third-order valence-corrected chi connectivity index (χ3v) is 3.25. The van der Waals surface area contributed by atoms with Crippen molar-refractivity contribution in [1.29, 1.82) is 5.26 Å². The van der Waals surface area contributed by atoms with Gasteiger partial charge in [-0.05, 0) is 31.9 Å². The highest BCUT2D eigenvalue weighted by atomic mass is 15.5. The van der Waals surface area contributed by atoms with Crippen LogP contribution in [0, 0.1) is 18.3 Å². The van der Waals surface area contributed by atoms with Crippen molar-refractivity contribution >= 4 is 5.82 Å². The largest absolute Gasteiger partial charge is 0.353 e. The van der Waals surface area contributed by atoms with Crippen LogP contribution in [-0.4, -0.2) is 28.1 Å². The standard InChI is InChI=1S/C16H21N5/c1-4-10-20(11-5-2)16-15(12-17)18-21(19-16)14-8-6-13(3)7-9-14/h6-9H,4-5,10-11H2,1-3H3. The van der Waals surface area contributed by atoms with Crippen LogP contribution in [0.15, 0.2) is 24.3 Å². The lowest BCUT2D eigenvalue weighted by Crippen LogP contribution is -2.26. The second-order valence-corrected chi connectivity index (χ2v) is 5.10. The number of benzene rings is 1. The van der Waals surface area contributed by atoms with Gasteiger partial charge in [-0.25, -0.2) is 0 Å². The molecule has 1 aromatic heterocycles. The zero-order valence-electron chi connectivity index (χ0n) is 12.9. The van der Waals surface area contributed by atoms with E-state index in [1.807, 2.05) is 31.2 Å². The SMILES string of the molecule is CCCN(CCC)c1nn(-c2ccc(C)cc2)nc1C#N. The maximum Gasteiger partial charge on any atom is 0.207 e. The fourth-order valence-corrected chi connectivity index (χ4v) is 2.24. The fraction of sp³-hybridized carbons (Fsp3) is 0.438. The van der Waals surface area contributed by atoms with Gasteiger partial charge in [0.1, 0.15) is 6.07 Å². The van der Waals surface area contributed by atoms with E-state index in [1.165, 1.54) is 5.56 Å². The van der Waals surface area contributed by atoms with Crippen LogP contribution in [0.25, 0.3) is 5.69 Å². The van der Waals surface area contributed by atoms with Crippen LogP contribution < -0.4 is 4.90 Å². The molecule has 21 heavy (non-hydrogen) atoms. The van der Waals surface area contributed by atoms with Gasteiger partial charge in [0.05, 0.1) is 5.69 Å². The van der Waals surface area contributed by atoms with Gasteiger partial charge in [0.2, 0.25) is 5.69 Å². The number of hydrogen-bond donors (Lipinski definition) is 0.